The second-order valence-corrected chi connectivity index (χ2v) is 7.64. The Kier molecular flexibility index (Phi) is 6.43. The number of amides is 1. The second-order valence-electron chi connectivity index (χ2n) is 7.64. The van der Waals surface area contributed by atoms with Gasteiger partial charge >= 0.3 is 0 Å². The molecule has 1 heterocycles. The third-order valence-electron chi connectivity index (χ3n) is 4.66. The van der Waals surface area contributed by atoms with Crippen molar-refractivity contribution in [3.63, 3.8) is 0 Å². The molecule has 2 rings (SSSR count). The summed E-state index contributed by atoms with van der Waals surface area (Å²) in [5.41, 5.74) is -0.692. The first-order valence-electron chi connectivity index (χ1n) is 8.76. The van der Waals surface area contributed by atoms with Gasteiger partial charge in [0.1, 0.15) is 5.75 Å². The van der Waals surface area contributed by atoms with Gasteiger partial charge < -0.3 is 25.2 Å². The maximum absolute atomic E-state index is 12.8. The molecule has 0 unspecified atom stereocenters. The fourth-order valence-electron chi connectivity index (χ4n) is 3.03. The lowest BCUT2D eigenvalue weighted by molar-refractivity contribution is -0.157. The Bertz CT molecular complexity index is 591. The van der Waals surface area contributed by atoms with Crippen LogP contribution in [0.3, 0.4) is 0 Å². The molecule has 1 aromatic carbocycles. The lowest BCUT2D eigenvalue weighted by Gasteiger charge is -2.39. The van der Waals surface area contributed by atoms with E-state index in [-0.39, 0.29) is 24.5 Å². The summed E-state index contributed by atoms with van der Waals surface area (Å²) in [6.45, 7) is 5.75. The Balaban J connectivity index is 1.99. The first kappa shape index (κ1) is 19.7. The van der Waals surface area contributed by atoms with Gasteiger partial charge in [0.25, 0.3) is 5.91 Å². The van der Waals surface area contributed by atoms with Crippen LogP contribution >= 0.6 is 0 Å². The van der Waals surface area contributed by atoms with E-state index in [1.165, 1.54) is 0 Å². The number of nitrogens with one attached hydrogen (secondary N) is 1. The second kappa shape index (κ2) is 8.17. The maximum atomic E-state index is 12.8. The van der Waals surface area contributed by atoms with Crippen molar-refractivity contribution < 1.29 is 19.7 Å². The summed E-state index contributed by atoms with van der Waals surface area (Å²) in [5.74, 6) is 0.515. The number of carbonyl (C=O) groups is 1. The molecule has 1 aliphatic heterocycles. The van der Waals surface area contributed by atoms with Crippen molar-refractivity contribution in [2.24, 2.45) is 5.41 Å². The van der Waals surface area contributed by atoms with Crippen LogP contribution in [0.4, 0.5) is 0 Å². The largest absolute Gasteiger partial charge is 0.497 e. The molecule has 140 valence electrons. The van der Waals surface area contributed by atoms with Gasteiger partial charge in [0.2, 0.25) is 0 Å². The fraction of sp³-hybridized carbons (Fsp3) is 0.632. The number of hydrogen-bond acceptors (Lipinski definition) is 5. The maximum Gasteiger partial charge on any atom is 0.256 e. The van der Waals surface area contributed by atoms with Crippen molar-refractivity contribution in [3.05, 3.63) is 29.8 Å². The number of piperidine rings is 1. The summed E-state index contributed by atoms with van der Waals surface area (Å²) in [6.07, 6.45) is 1.21. The number of benzene rings is 1. The number of nitrogens with zero attached hydrogens (tertiary/aromatic N) is 1. The molecule has 1 aromatic rings. The van der Waals surface area contributed by atoms with E-state index in [0.29, 0.717) is 26.1 Å². The van der Waals surface area contributed by atoms with Gasteiger partial charge in [0, 0.05) is 38.2 Å². The zero-order chi connectivity index (χ0) is 18.5. The van der Waals surface area contributed by atoms with Crippen LogP contribution in [0.2, 0.25) is 0 Å². The Hall–Kier alpha value is -1.63. The van der Waals surface area contributed by atoms with Crippen molar-refractivity contribution in [2.45, 2.75) is 38.8 Å². The average Bonchev–Trinajstić information content (AvgIpc) is 2.59. The summed E-state index contributed by atoms with van der Waals surface area (Å²) in [7, 11) is 1.61. The highest BCUT2D eigenvalue weighted by molar-refractivity contribution is 5.86. The number of rotatable bonds is 8. The normalized spacial score (nSPS) is 21.5. The van der Waals surface area contributed by atoms with Crippen molar-refractivity contribution in [1.29, 1.82) is 0 Å². The Morgan fingerprint density at radius 1 is 1.40 bits per heavy atom. The minimum atomic E-state index is -1.39. The zero-order valence-corrected chi connectivity index (χ0v) is 15.4. The monoisotopic (exact) mass is 350 g/mol. The molecule has 0 saturated carbocycles. The van der Waals surface area contributed by atoms with E-state index in [9.17, 15) is 15.0 Å². The van der Waals surface area contributed by atoms with E-state index in [1.807, 2.05) is 38.1 Å². The van der Waals surface area contributed by atoms with Gasteiger partial charge in [-0.3, -0.25) is 4.79 Å². The van der Waals surface area contributed by atoms with E-state index in [0.717, 1.165) is 17.7 Å². The summed E-state index contributed by atoms with van der Waals surface area (Å²) >= 11 is 0. The van der Waals surface area contributed by atoms with Crippen molar-refractivity contribution in [1.82, 2.24) is 10.2 Å². The molecule has 1 fully saturated rings. The summed E-state index contributed by atoms with van der Waals surface area (Å²) < 4.78 is 5.22. The topological polar surface area (TPSA) is 82.0 Å². The molecule has 1 amide bonds. The number of ether oxygens (including phenoxy) is 1. The van der Waals surface area contributed by atoms with Crippen LogP contribution in [0.5, 0.6) is 5.75 Å². The SMILES string of the molecule is COc1cccc(CN2CCC[C@](O)(CNCC(C)(C)CO)C2=O)c1. The van der Waals surface area contributed by atoms with Gasteiger partial charge in [-0.15, -0.1) is 0 Å². The quantitative estimate of drug-likeness (QED) is 0.655. The van der Waals surface area contributed by atoms with Crippen LogP contribution in [0.25, 0.3) is 0 Å². The van der Waals surface area contributed by atoms with E-state index < -0.39 is 5.60 Å². The van der Waals surface area contributed by atoms with Gasteiger partial charge in [-0.2, -0.15) is 0 Å². The highest BCUT2D eigenvalue weighted by Crippen LogP contribution is 2.25. The van der Waals surface area contributed by atoms with Crippen molar-refractivity contribution in [3.8, 4) is 5.75 Å². The minimum Gasteiger partial charge on any atom is -0.497 e. The van der Waals surface area contributed by atoms with E-state index in [1.54, 1.807) is 12.0 Å². The molecule has 0 aliphatic carbocycles. The standard InChI is InChI=1S/C19H30N2O4/c1-18(2,14-22)12-20-13-19(24)8-5-9-21(17(19)23)11-15-6-4-7-16(10-15)25-3/h4,6-7,10,20,22,24H,5,8-9,11-14H2,1-3H3/t19-/m0/s1. The Labute approximate surface area is 149 Å². The van der Waals surface area contributed by atoms with Gasteiger partial charge in [0.05, 0.1) is 7.11 Å². The number of likely N-dealkylation sites (tertiary alicyclic amines) is 1. The Morgan fingerprint density at radius 2 is 2.16 bits per heavy atom. The smallest absolute Gasteiger partial charge is 0.256 e. The molecule has 1 aliphatic rings. The van der Waals surface area contributed by atoms with Crippen LogP contribution in [0.15, 0.2) is 24.3 Å². The highest BCUT2D eigenvalue weighted by atomic mass is 16.5. The van der Waals surface area contributed by atoms with Crippen LogP contribution in [0, 0.1) is 5.41 Å². The lowest BCUT2D eigenvalue weighted by atomic mass is 9.90. The number of hydrogen-bond donors (Lipinski definition) is 3. The predicted octanol–water partition coefficient (Wildman–Crippen LogP) is 1.16. The van der Waals surface area contributed by atoms with Crippen LogP contribution in [0.1, 0.15) is 32.3 Å². The molecule has 6 heteroatoms. The van der Waals surface area contributed by atoms with Crippen molar-refractivity contribution in [2.75, 3.05) is 33.4 Å². The van der Waals surface area contributed by atoms with E-state index in [2.05, 4.69) is 5.32 Å². The Morgan fingerprint density at radius 3 is 2.84 bits per heavy atom. The van der Waals surface area contributed by atoms with Gasteiger partial charge in [-0.25, -0.2) is 0 Å². The summed E-state index contributed by atoms with van der Waals surface area (Å²) in [4.78, 5) is 14.5. The molecule has 0 spiro atoms. The molecule has 1 saturated heterocycles. The molecular weight excluding hydrogens is 320 g/mol. The average molecular weight is 350 g/mol. The fourth-order valence-corrected chi connectivity index (χ4v) is 3.03. The molecule has 1 atom stereocenters. The first-order chi connectivity index (χ1) is 11.8. The third kappa shape index (κ3) is 5.17. The number of aliphatic hydroxyl groups is 2. The first-order valence-corrected chi connectivity index (χ1v) is 8.76. The molecule has 0 bridgehead atoms. The molecule has 3 N–H and O–H groups in total. The van der Waals surface area contributed by atoms with E-state index >= 15 is 0 Å². The van der Waals surface area contributed by atoms with Crippen molar-refractivity contribution >= 4 is 5.91 Å². The number of aliphatic hydroxyl groups excluding tert-OH is 1. The molecule has 6 nitrogen and oxygen atoms in total. The van der Waals surface area contributed by atoms with Gasteiger partial charge in [0.15, 0.2) is 5.60 Å². The summed E-state index contributed by atoms with van der Waals surface area (Å²) in [6, 6.07) is 7.62. The predicted molar refractivity (Wildman–Crippen MR) is 96.3 cm³/mol. The van der Waals surface area contributed by atoms with E-state index in [4.69, 9.17) is 4.74 Å². The summed E-state index contributed by atoms with van der Waals surface area (Å²) in [5, 5.41) is 23.3. The van der Waals surface area contributed by atoms with Crippen LogP contribution in [-0.4, -0.2) is 60.0 Å². The lowest BCUT2D eigenvalue weighted by Crippen LogP contribution is -2.58. The number of methoxy groups -OCH3 is 1. The van der Waals surface area contributed by atoms with Crippen LogP contribution < -0.4 is 10.1 Å². The molecule has 0 aromatic heterocycles. The zero-order valence-electron chi connectivity index (χ0n) is 15.4. The molecular formula is C19H30N2O4. The minimum absolute atomic E-state index is 0.0499. The van der Waals surface area contributed by atoms with Gasteiger partial charge in [-0.05, 0) is 30.5 Å². The molecule has 0 radical (unpaired) electrons. The van der Waals surface area contributed by atoms with Crippen LogP contribution in [-0.2, 0) is 11.3 Å². The number of carbonyl (C=O) groups excluding carboxylic acids is 1. The third-order valence-corrected chi connectivity index (χ3v) is 4.66. The highest BCUT2D eigenvalue weighted by Gasteiger charge is 2.42. The van der Waals surface area contributed by atoms with Gasteiger partial charge in [-0.1, -0.05) is 26.0 Å². The molecule has 25 heavy (non-hydrogen) atoms.